The van der Waals surface area contributed by atoms with E-state index in [0.717, 1.165) is 3.57 Å². The quantitative estimate of drug-likeness (QED) is 0.692. The third-order valence-electron chi connectivity index (χ3n) is 3.01. The van der Waals surface area contributed by atoms with Crippen LogP contribution in [0.25, 0.3) is 0 Å². The van der Waals surface area contributed by atoms with Gasteiger partial charge in [-0.05, 0) is 66.8 Å². The van der Waals surface area contributed by atoms with Gasteiger partial charge in [-0.15, -0.1) is 0 Å². The van der Waals surface area contributed by atoms with Crippen molar-refractivity contribution in [2.75, 3.05) is 5.32 Å². The van der Waals surface area contributed by atoms with Crippen LogP contribution in [0.5, 0.6) is 0 Å². The maximum absolute atomic E-state index is 12.5. The number of hydrogen-bond donors (Lipinski definition) is 2. The molecule has 0 spiro atoms. The summed E-state index contributed by atoms with van der Waals surface area (Å²) in [5.41, 5.74) is 1.36. The van der Waals surface area contributed by atoms with E-state index in [9.17, 15) is 9.59 Å². The Morgan fingerprint density at radius 1 is 1.04 bits per heavy atom. The third-order valence-corrected chi connectivity index (χ3v) is 4.19. The van der Waals surface area contributed by atoms with Crippen molar-refractivity contribution >= 4 is 51.7 Å². The van der Waals surface area contributed by atoms with E-state index < -0.39 is 0 Å². The van der Waals surface area contributed by atoms with E-state index >= 15 is 0 Å². The standard InChI is InChI=1S/C17H16ClIN2O2/c1-10(2)20-16(22)12-5-3-4-6-15(12)21-17(23)13-9-11(18)7-8-14(13)19/h3-10H,1-2H3,(H,20,22)(H,21,23). The van der Waals surface area contributed by atoms with Crippen molar-refractivity contribution in [1.82, 2.24) is 5.32 Å². The van der Waals surface area contributed by atoms with Crippen molar-refractivity contribution in [2.45, 2.75) is 19.9 Å². The highest BCUT2D eigenvalue weighted by atomic mass is 127. The van der Waals surface area contributed by atoms with Crippen molar-refractivity contribution in [3.8, 4) is 0 Å². The molecule has 2 rings (SSSR count). The normalized spacial score (nSPS) is 10.5. The Morgan fingerprint density at radius 2 is 1.74 bits per heavy atom. The number of amides is 2. The van der Waals surface area contributed by atoms with Crippen LogP contribution >= 0.6 is 34.2 Å². The second-order valence-corrected chi connectivity index (χ2v) is 6.85. The molecule has 0 saturated carbocycles. The molecule has 2 amide bonds. The van der Waals surface area contributed by atoms with Gasteiger partial charge in [-0.25, -0.2) is 0 Å². The third kappa shape index (κ3) is 4.68. The summed E-state index contributed by atoms with van der Waals surface area (Å²) in [4.78, 5) is 24.7. The molecule has 0 aliphatic carbocycles. The predicted octanol–water partition coefficient (Wildman–Crippen LogP) is 4.34. The average molecular weight is 443 g/mol. The first-order valence-corrected chi connectivity index (χ1v) is 8.50. The van der Waals surface area contributed by atoms with Gasteiger partial charge in [0, 0.05) is 14.6 Å². The maximum Gasteiger partial charge on any atom is 0.256 e. The van der Waals surface area contributed by atoms with E-state index in [1.165, 1.54) is 0 Å². The number of anilines is 1. The lowest BCUT2D eigenvalue weighted by atomic mass is 10.1. The molecule has 0 heterocycles. The molecule has 120 valence electrons. The molecule has 4 nitrogen and oxygen atoms in total. The van der Waals surface area contributed by atoms with Crippen LogP contribution in [0, 0.1) is 3.57 Å². The predicted molar refractivity (Wildman–Crippen MR) is 101 cm³/mol. The first-order valence-electron chi connectivity index (χ1n) is 7.04. The number of halogens is 2. The first-order chi connectivity index (χ1) is 10.9. The van der Waals surface area contributed by atoms with Gasteiger partial charge in [-0.2, -0.15) is 0 Å². The van der Waals surface area contributed by atoms with E-state index in [4.69, 9.17) is 11.6 Å². The van der Waals surface area contributed by atoms with Gasteiger partial charge < -0.3 is 10.6 Å². The SMILES string of the molecule is CC(C)NC(=O)c1ccccc1NC(=O)c1cc(Cl)ccc1I. The minimum Gasteiger partial charge on any atom is -0.350 e. The van der Waals surface area contributed by atoms with Gasteiger partial charge in [0.05, 0.1) is 16.8 Å². The molecular weight excluding hydrogens is 427 g/mol. The summed E-state index contributed by atoms with van der Waals surface area (Å²) in [7, 11) is 0. The van der Waals surface area contributed by atoms with Crippen LogP contribution in [0.1, 0.15) is 34.6 Å². The van der Waals surface area contributed by atoms with Crippen LogP contribution in [-0.2, 0) is 0 Å². The molecule has 2 aromatic carbocycles. The summed E-state index contributed by atoms with van der Waals surface area (Å²) in [6.07, 6.45) is 0. The fourth-order valence-corrected chi connectivity index (χ4v) is 2.74. The maximum atomic E-state index is 12.5. The zero-order valence-electron chi connectivity index (χ0n) is 12.7. The fraction of sp³-hybridized carbons (Fsp3) is 0.176. The molecule has 0 saturated heterocycles. The largest absolute Gasteiger partial charge is 0.350 e. The monoisotopic (exact) mass is 442 g/mol. The van der Waals surface area contributed by atoms with Gasteiger partial charge in [0.25, 0.3) is 11.8 Å². The average Bonchev–Trinajstić information content (AvgIpc) is 2.49. The zero-order chi connectivity index (χ0) is 17.0. The van der Waals surface area contributed by atoms with Crippen LogP contribution in [-0.4, -0.2) is 17.9 Å². The molecule has 2 aromatic rings. The van der Waals surface area contributed by atoms with Gasteiger partial charge in [-0.3, -0.25) is 9.59 Å². The van der Waals surface area contributed by atoms with Gasteiger partial charge in [0.2, 0.25) is 0 Å². The highest BCUT2D eigenvalue weighted by Crippen LogP contribution is 2.21. The summed E-state index contributed by atoms with van der Waals surface area (Å²) in [5.74, 6) is -0.529. The van der Waals surface area contributed by atoms with Crippen LogP contribution < -0.4 is 10.6 Å². The molecule has 0 aliphatic rings. The number of benzene rings is 2. The highest BCUT2D eigenvalue weighted by molar-refractivity contribution is 14.1. The Labute approximate surface area is 153 Å². The summed E-state index contributed by atoms with van der Waals surface area (Å²) in [6, 6.07) is 12.0. The van der Waals surface area contributed by atoms with Crippen LogP contribution in [0.4, 0.5) is 5.69 Å². The first kappa shape index (κ1) is 17.7. The van der Waals surface area contributed by atoms with E-state index in [0.29, 0.717) is 21.8 Å². The Kier molecular flexibility index (Phi) is 6.01. The van der Waals surface area contributed by atoms with E-state index in [-0.39, 0.29) is 17.9 Å². The van der Waals surface area contributed by atoms with Crippen LogP contribution in [0.15, 0.2) is 42.5 Å². The molecule has 0 radical (unpaired) electrons. The van der Waals surface area contributed by atoms with Crippen molar-refractivity contribution < 1.29 is 9.59 Å². The lowest BCUT2D eigenvalue weighted by Gasteiger charge is -2.13. The molecule has 0 aromatic heterocycles. The Bertz CT molecular complexity index is 747. The minimum atomic E-state index is -0.304. The van der Waals surface area contributed by atoms with Crippen molar-refractivity contribution in [3.63, 3.8) is 0 Å². The van der Waals surface area contributed by atoms with Crippen molar-refractivity contribution in [1.29, 1.82) is 0 Å². The summed E-state index contributed by atoms with van der Waals surface area (Å²) < 4.78 is 0.786. The Hall–Kier alpha value is -1.60. The Balaban J connectivity index is 2.28. The molecular formula is C17H16ClIN2O2. The van der Waals surface area contributed by atoms with Gasteiger partial charge in [0.15, 0.2) is 0 Å². The molecule has 0 atom stereocenters. The second-order valence-electron chi connectivity index (χ2n) is 5.25. The van der Waals surface area contributed by atoms with Gasteiger partial charge in [0.1, 0.15) is 0 Å². The molecule has 23 heavy (non-hydrogen) atoms. The minimum absolute atomic E-state index is 0.0140. The molecule has 2 N–H and O–H groups in total. The second kappa shape index (κ2) is 7.79. The molecule has 0 bridgehead atoms. The van der Waals surface area contributed by atoms with Crippen LogP contribution in [0.2, 0.25) is 5.02 Å². The molecule has 0 fully saturated rings. The number of rotatable bonds is 4. The van der Waals surface area contributed by atoms with Crippen LogP contribution in [0.3, 0.4) is 0 Å². The van der Waals surface area contributed by atoms with Gasteiger partial charge >= 0.3 is 0 Å². The Morgan fingerprint density at radius 3 is 2.43 bits per heavy atom. The van der Waals surface area contributed by atoms with Crippen molar-refractivity contribution in [2.24, 2.45) is 0 Å². The van der Waals surface area contributed by atoms with Gasteiger partial charge in [-0.1, -0.05) is 23.7 Å². The number of nitrogens with one attached hydrogen (secondary N) is 2. The lowest BCUT2D eigenvalue weighted by Crippen LogP contribution is -2.31. The molecule has 6 heteroatoms. The number of carbonyl (C=O) groups excluding carboxylic acids is 2. The number of para-hydroxylation sites is 1. The molecule has 0 aliphatic heterocycles. The van der Waals surface area contributed by atoms with E-state index in [1.54, 1.807) is 42.5 Å². The lowest BCUT2D eigenvalue weighted by molar-refractivity contribution is 0.0944. The summed E-state index contributed by atoms with van der Waals surface area (Å²) in [6.45, 7) is 3.76. The van der Waals surface area contributed by atoms with E-state index in [2.05, 4.69) is 33.2 Å². The number of hydrogen-bond acceptors (Lipinski definition) is 2. The summed E-state index contributed by atoms with van der Waals surface area (Å²) in [5, 5.41) is 6.09. The fourth-order valence-electron chi connectivity index (χ4n) is 1.99. The van der Waals surface area contributed by atoms with Crippen molar-refractivity contribution in [3.05, 3.63) is 62.2 Å². The summed E-state index contributed by atoms with van der Waals surface area (Å²) >= 11 is 8.03. The topological polar surface area (TPSA) is 58.2 Å². The molecule has 0 unspecified atom stereocenters. The zero-order valence-corrected chi connectivity index (χ0v) is 15.6. The highest BCUT2D eigenvalue weighted by Gasteiger charge is 2.16. The van der Waals surface area contributed by atoms with E-state index in [1.807, 2.05) is 13.8 Å². The smallest absolute Gasteiger partial charge is 0.256 e. The number of carbonyl (C=O) groups is 2.